The lowest BCUT2D eigenvalue weighted by Crippen LogP contribution is -2.28. The van der Waals surface area contributed by atoms with E-state index in [0.29, 0.717) is 17.1 Å². The maximum absolute atomic E-state index is 5.99. The summed E-state index contributed by atoms with van der Waals surface area (Å²) in [5.41, 5.74) is 0.842. The van der Waals surface area contributed by atoms with E-state index < -0.39 is 0 Å². The summed E-state index contributed by atoms with van der Waals surface area (Å²) in [6.07, 6.45) is 3.90. The molecule has 1 fully saturated rings. The molecule has 15 heavy (non-hydrogen) atoms. The molecule has 2 rings (SSSR count). The molecule has 1 aliphatic heterocycles. The summed E-state index contributed by atoms with van der Waals surface area (Å²) >= 11 is 11.9. The molecule has 0 amide bonds. The lowest BCUT2D eigenvalue weighted by Gasteiger charge is -2.24. The second kappa shape index (κ2) is 4.54. The predicted molar refractivity (Wildman–Crippen MR) is 62.6 cm³/mol. The second-order valence-electron chi connectivity index (χ2n) is 3.78. The average molecular weight is 246 g/mol. The molecule has 1 unspecified atom stereocenters. The zero-order valence-electron chi connectivity index (χ0n) is 8.58. The molecule has 1 aromatic heterocycles. The second-order valence-corrected chi connectivity index (χ2v) is 4.41. The van der Waals surface area contributed by atoms with Crippen molar-refractivity contribution in [1.29, 1.82) is 0 Å². The van der Waals surface area contributed by atoms with Crippen LogP contribution < -0.4 is 4.90 Å². The smallest absolute Gasteiger partial charge is 0.138 e. The Labute approximate surface area is 99.4 Å². The van der Waals surface area contributed by atoms with E-state index in [4.69, 9.17) is 23.2 Å². The summed E-state index contributed by atoms with van der Waals surface area (Å²) in [5, 5.41) is 0.467. The topological polar surface area (TPSA) is 29.0 Å². The van der Waals surface area contributed by atoms with Gasteiger partial charge in [0.15, 0.2) is 0 Å². The maximum Gasteiger partial charge on any atom is 0.138 e. The molecule has 0 N–H and O–H groups in total. The van der Waals surface area contributed by atoms with E-state index in [2.05, 4.69) is 21.8 Å². The summed E-state index contributed by atoms with van der Waals surface area (Å²) in [7, 11) is 0. The molecule has 0 radical (unpaired) electrons. The Morgan fingerprint density at radius 3 is 2.93 bits per heavy atom. The van der Waals surface area contributed by atoms with E-state index in [1.54, 1.807) is 0 Å². The first kappa shape index (κ1) is 11.0. The van der Waals surface area contributed by atoms with Crippen molar-refractivity contribution in [3.8, 4) is 0 Å². The van der Waals surface area contributed by atoms with Crippen molar-refractivity contribution < 1.29 is 0 Å². The minimum absolute atomic E-state index is 0.359. The van der Waals surface area contributed by atoms with Gasteiger partial charge in [0.25, 0.3) is 0 Å². The van der Waals surface area contributed by atoms with E-state index in [0.717, 1.165) is 17.9 Å². The number of halogens is 2. The third kappa shape index (κ3) is 2.04. The van der Waals surface area contributed by atoms with Crippen LogP contribution in [0.4, 0.5) is 5.82 Å². The van der Waals surface area contributed by atoms with Crippen LogP contribution in [0, 0.1) is 0 Å². The maximum atomic E-state index is 5.99. The number of hydrogen-bond donors (Lipinski definition) is 0. The number of aromatic nitrogens is 2. The third-order valence-electron chi connectivity index (χ3n) is 2.83. The molecule has 0 bridgehead atoms. The van der Waals surface area contributed by atoms with E-state index in [-0.39, 0.29) is 0 Å². The standard InChI is InChI=1S/C10H13Cl2N3/c1-7-3-2-4-15(7)10-8(5-11)9(12)13-6-14-10/h6-7H,2-5H2,1H3. The first-order chi connectivity index (χ1) is 7.24. The minimum atomic E-state index is 0.359. The van der Waals surface area contributed by atoms with Crippen LogP contribution in [0.25, 0.3) is 0 Å². The Balaban J connectivity index is 2.38. The van der Waals surface area contributed by atoms with Gasteiger partial charge in [-0.3, -0.25) is 0 Å². The van der Waals surface area contributed by atoms with Crippen LogP contribution in [0.5, 0.6) is 0 Å². The fraction of sp³-hybridized carbons (Fsp3) is 0.600. The van der Waals surface area contributed by atoms with E-state index in [1.165, 1.54) is 19.2 Å². The normalized spacial score (nSPS) is 21.0. The van der Waals surface area contributed by atoms with Crippen molar-refractivity contribution in [3.63, 3.8) is 0 Å². The molecule has 2 heterocycles. The SMILES string of the molecule is CC1CCCN1c1ncnc(Cl)c1CCl. The van der Waals surface area contributed by atoms with Crippen LogP contribution in [0.2, 0.25) is 5.15 Å². The Hall–Kier alpha value is -0.540. The van der Waals surface area contributed by atoms with Gasteiger partial charge in [0.1, 0.15) is 17.3 Å². The van der Waals surface area contributed by atoms with Crippen molar-refractivity contribution in [1.82, 2.24) is 9.97 Å². The molecule has 1 aromatic rings. The monoisotopic (exact) mass is 245 g/mol. The van der Waals surface area contributed by atoms with E-state index >= 15 is 0 Å². The van der Waals surface area contributed by atoms with Gasteiger partial charge in [-0.2, -0.15) is 0 Å². The molecule has 0 spiro atoms. The largest absolute Gasteiger partial charge is 0.354 e. The zero-order valence-corrected chi connectivity index (χ0v) is 10.1. The van der Waals surface area contributed by atoms with Crippen molar-refractivity contribution in [2.45, 2.75) is 31.7 Å². The average Bonchev–Trinajstić information content (AvgIpc) is 2.64. The first-order valence-electron chi connectivity index (χ1n) is 5.06. The molecule has 0 aliphatic carbocycles. The van der Waals surface area contributed by atoms with Crippen LogP contribution in [0.1, 0.15) is 25.3 Å². The third-order valence-corrected chi connectivity index (χ3v) is 3.42. The first-order valence-corrected chi connectivity index (χ1v) is 5.97. The molecular weight excluding hydrogens is 233 g/mol. The van der Waals surface area contributed by atoms with E-state index in [9.17, 15) is 0 Å². The van der Waals surface area contributed by atoms with Crippen molar-refractivity contribution >= 4 is 29.0 Å². The van der Waals surface area contributed by atoms with Crippen molar-refractivity contribution in [3.05, 3.63) is 17.0 Å². The summed E-state index contributed by atoms with van der Waals surface area (Å²) < 4.78 is 0. The van der Waals surface area contributed by atoms with Gasteiger partial charge in [-0.05, 0) is 19.8 Å². The number of nitrogens with zero attached hydrogens (tertiary/aromatic N) is 3. The lowest BCUT2D eigenvalue weighted by molar-refractivity contribution is 0.723. The number of anilines is 1. The quantitative estimate of drug-likeness (QED) is 0.593. The van der Waals surface area contributed by atoms with Crippen molar-refractivity contribution in [2.24, 2.45) is 0 Å². The molecule has 0 saturated carbocycles. The van der Waals surface area contributed by atoms with Crippen LogP contribution in [0.15, 0.2) is 6.33 Å². The summed E-state index contributed by atoms with van der Waals surface area (Å²) in [4.78, 5) is 10.5. The fourth-order valence-electron chi connectivity index (χ4n) is 1.99. The number of rotatable bonds is 2. The Bertz CT molecular complexity index is 357. The summed E-state index contributed by atoms with van der Waals surface area (Å²) in [6, 6.07) is 0.512. The highest BCUT2D eigenvalue weighted by atomic mass is 35.5. The van der Waals surface area contributed by atoms with Crippen LogP contribution >= 0.6 is 23.2 Å². The van der Waals surface area contributed by atoms with Gasteiger partial charge in [0.2, 0.25) is 0 Å². The molecule has 5 heteroatoms. The highest BCUT2D eigenvalue weighted by Crippen LogP contribution is 2.30. The lowest BCUT2D eigenvalue weighted by atomic mass is 10.2. The van der Waals surface area contributed by atoms with Crippen LogP contribution in [-0.4, -0.2) is 22.6 Å². The van der Waals surface area contributed by atoms with Gasteiger partial charge in [0, 0.05) is 18.2 Å². The Kier molecular flexibility index (Phi) is 3.32. The number of hydrogen-bond acceptors (Lipinski definition) is 3. The van der Waals surface area contributed by atoms with Crippen molar-refractivity contribution in [2.75, 3.05) is 11.4 Å². The highest BCUT2D eigenvalue weighted by Gasteiger charge is 2.24. The Morgan fingerprint density at radius 1 is 1.53 bits per heavy atom. The molecule has 1 atom stereocenters. The molecule has 82 valence electrons. The summed E-state index contributed by atoms with van der Waals surface area (Å²) in [5.74, 6) is 1.26. The van der Waals surface area contributed by atoms with Gasteiger partial charge < -0.3 is 4.90 Å². The molecule has 0 aromatic carbocycles. The van der Waals surface area contributed by atoms with Crippen LogP contribution in [0.3, 0.4) is 0 Å². The van der Waals surface area contributed by atoms with Gasteiger partial charge in [-0.15, -0.1) is 11.6 Å². The highest BCUT2D eigenvalue weighted by molar-refractivity contribution is 6.31. The molecule has 1 aliphatic rings. The van der Waals surface area contributed by atoms with Gasteiger partial charge in [-0.1, -0.05) is 11.6 Å². The molecular formula is C10H13Cl2N3. The van der Waals surface area contributed by atoms with E-state index in [1.807, 2.05) is 0 Å². The zero-order chi connectivity index (χ0) is 10.8. The van der Waals surface area contributed by atoms with Crippen LogP contribution in [-0.2, 0) is 5.88 Å². The summed E-state index contributed by atoms with van der Waals surface area (Å²) in [6.45, 7) is 3.22. The Morgan fingerprint density at radius 2 is 2.33 bits per heavy atom. The molecule has 1 saturated heterocycles. The van der Waals surface area contributed by atoms with Gasteiger partial charge >= 0.3 is 0 Å². The minimum Gasteiger partial charge on any atom is -0.354 e. The predicted octanol–water partition coefficient (Wildman–Crippen LogP) is 2.86. The molecule has 3 nitrogen and oxygen atoms in total. The van der Waals surface area contributed by atoms with Gasteiger partial charge in [0.05, 0.1) is 5.88 Å². The number of alkyl halides is 1. The fourth-order valence-corrected chi connectivity index (χ4v) is 2.50. The van der Waals surface area contributed by atoms with Gasteiger partial charge in [-0.25, -0.2) is 9.97 Å².